The van der Waals surface area contributed by atoms with E-state index in [1.54, 1.807) is 0 Å². The molecule has 0 unspecified atom stereocenters. The number of aryl methyl sites for hydroxylation is 1. The van der Waals surface area contributed by atoms with Crippen LogP contribution in [0.5, 0.6) is 5.75 Å². The Labute approximate surface area is 204 Å². The Hall–Kier alpha value is -2.38. The molecule has 1 fully saturated rings. The van der Waals surface area contributed by atoms with E-state index in [0.717, 1.165) is 23.3 Å². The number of nitrogens with zero attached hydrogens (tertiary/aromatic N) is 1. The summed E-state index contributed by atoms with van der Waals surface area (Å²) in [5, 5.41) is 2.93. The second kappa shape index (κ2) is 11.8. The maximum absolute atomic E-state index is 12.8. The average Bonchev–Trinajstić information content (AvgIpc) is 2.82. The minimum atomic E-state index is -3.37. The van der Waals surface area contributed by atoms with Crippen molar-refractivity contribution in [2.75, 3.05) is 32.0 Å². The van der Waals surface area contributed by atoms with E-state index in [0.29, 0.717) is 39.0 Å². The fraction of sp³-hybridized carbons (Fsp3) is 0.519. The van der Waals surface area contributed by atoms with Gasteiger partial charge in [0.1, 0.15) is 12.4 Å². The molecule has 3 rings (SSSR count). The minimum Gasteiger partial charge on any atom is -0.491 e. The van der Waals surface area contributed by atoms with Gasteiger partial charge in [-0.2, -0.15) is 0 Å². The number of nitrogens with one attached hydrogen (secondary N) is 1. The van der Waals surface area contributed by atoms with Crippen LogP contribution in [0.4, 0.5) is 0 Å². The van der Waals surface area contributed by atoms with E-state index in [1.165, 1.54) is 4.31 Å². The van der Waals surface area contributed by atoms with E-state index in [1.807, 2.05) is 48.5 Å². The van der Waals surface area contributed by atoms with Crippen molar-refractivity contribution in [3.05, 3.63) is 65.7 Å². The molecular formula is C27H38N2O4S. The summed E-state index contributed by atoms with van der Waals surface area (Å²) in [6.07, 6.45) is 2.71. The number of carbonyl (C=O) groups excluding carboxylic acids is 1. The molecule has 1 saturated heterocycles. The molecule has 0 radical (unpaired) electrons. The normalized spacial score (nSPS) is 17.3. The van der Waals surface area contributed by atoms with Crippen LogP contribution in [0.3, 0.4) is 0 Å². The second-order valence-electron chi connectivity index (χ2n) is 9.99. The number of carbonyl (C=O) groups is 1. The zero-order valence-electron chi connectivity index (χ0n) is 20.6. The Morgan fingerprint density at radius 2 is 1.79 bits per heavy atom. The van der Waals surface area contributed by atoms with Crippen molar-refractivity contribution in [2.45, 2.75) is 51.9 Å². The third kappa shape index (κ3) is 7.57. The van der Waals surface area contributed by atoms with Crippen LogP contribution in [0.15, 0.2) is 54.6 Å². The van der Waals surface area contributed by atoms with Gasteiger partial charge < -0.3 is 10.1 Å². The van der Waals surface area contributed by atoms with Gasteiger partial charge in [0, 0.05) is 13.1 Å². The first-order chi connectivity index (χ1) is 16.2. The van der Waals surface area contributed by atoms with Crippen molar-refractivity contribution < 1.29 is 17.9 Å². The van der Waals surface area contributed by atoms with Crippen LogP contribution in [-0.4, -0.2) is 50.6 Å². The van der Waals surface area contributed by atoms with Gasteiger partial charge in [-0.15, -0.1) is 0 Å². The molecule has 0 aliphatic carbocycles. The van der Waals surface area contributed by atoms with Crippen molar-refractivity contribution in [1.82, 2.24) is 9.62 Å². The number of piperidine rings is 1. The molecule has 2 aromatic rings. The molecule has 7 heteroatoms. The third-order valence-corrected chi connectivity index (χ3v) is 8.14. The molecule has 1 amide bonds. The predicted octanol–water partition coefficient (Wildman–Crippen LogP) is 4.15. The first-order valence-electron chi connectivity index (χ1n) is 12.2. The van der Waals surface area contributed by atoms with Crippen molar-refractivity contribution in [3.63, 3.8) is 0 Å². The van der Waals surface area contributed by atoms with Gasteiger partial charge >= 0.3 is 0 Å². The summed E-state index contributed by atoms with van der Waals surface area (Å²) >= 11 is 0. The van der Waals surface area contributed by atoms with Crippen LogP contribution >= 0.6 is 0 Å². The van der Waals surface area contributed by atoms with E-state index in [2.05, 4.69) is 32.2 Å². The molecule has 1 aliphatic heterocycles. The van der Waals surface area contributed by atoms with Crippen molar-refractivity contribution in [3.8, 4) is 5.75 Å². The lowest BCUT2D eigenvalue weighted by Gasteiger charge is -2.31. The molecule has 6 nitrogen and oxygen atoms in total. The highest BCUT2D eigenvalue weighted by molar-refractivity contribution is 7.89. The maximum atomic E-state index is 12.8. The van der Waals surface area contributed by atoms with Crippen molar-refractivity contribution in [2.24, 2.45) is 5.92 Å². The Balaban J connectivity index is 1.44. The molecule has 2 aromatic carbocycles. The lowest BCUT2D eigenvalue weighted by atomic mass is 9.86. The first kappa shape index (κ1) is 26.2. The SMILES string of the molecule is CC(C)(C)c1ccccc1OCCNC(=O)[C@H]1CCCN(S(=O)(=O)CCCc2ccccc2)C1. The molecule has 186 valence electrons. The molecule has 0 bridgehead atoms. The number of para-hydroxylation sites is 1. The number of hydrogen-bond donors (Lipinski definition) is 1. The Kier molecular flexibility index (Phi) is 9.14. The minimum absolute atomic E-state index is 0.0298. The molecule has 1 aliphatic rings. The largest absolute Gasteiger partial charge is 0.491 e. The van der Waals surface area contributed by atoms with Gasteiger partial charge in [0.25, 0.3) is 0 Å². The maximum Gasteiger partial charge on any atom is 0.224 e. The Morgan fingerprint density at radius 3 is 2.53 bits per heavy atom. The Morgan fingerprint density at radius 1 is 1.09 bits per heavy atom. The van der Waals surface area contributed by atoms with Crippen LogP contribution in [0.1, 0.15) is 51.2 Å². The van der Waals surface area contributed by atoms with E-state index in [9.17, 15) is 13.2 Å². The number of sulfonamides is 1. The van der Waals surface area contributed by atoms with Crippen molar-refractivity contribution in [1.29, 1.82) is 0 Å². The van der Waals surface area contributed by atoms with Crippen LogP contribution in [-0.2, 0) is 26.7 Å². The van der Waals surface area contributed by atoms with Crippen LogP contribution in [0.25, 0.3) is 0 Å². The highest BCUT2D eigenvalue weighted by atomic mass is 32.2. The summed E-state index contributed by atoms with van der Waals surface area (Å²) in [6, 6.07) is 17.9. The molecule has 1 atom stereocenters. The molecule has 0 aromatic heterocycles. The molecule has 1 heterocycles. The van der Waals surface area contributed by atoms with Gasteiger partial charge in [0.15, 0.2) is 0 Å². The van der Waals surface area contributed by atoms with Gasteiger partial charge in [-0.3, -0.25) is 4.79 Å². The lowest BCUT2D eigenvalue weighted by molar-refractivity contribution is -0.126. The predicted molar refractivity (Wildman–Crippen MR) is 136 cm³/mol. The molecule has 34 heavy (non-hydrogen) atoms. The number of benzene rings is 2. The standard InChI is InChI=1S/C27H38N2O4S/c1-27(2,3)24-15-7-8-16-25(24)33-19-17-28-26(30)23-14-9-18-29(21-23)34(31,32)20-10-13-22-11-5-4-6-12-22/h4-8,11-12,15-16,23H,9-10,13-14,17-21H2,1-3H3,(H,28,30)/t23-/m0/s1. The van der Waals surface area contributed by atoms with Crippen LogP contribution in [0.2, 0.25) is 0 Å². The van der Waals surface area contributed by atoms with Gasteiger partial charge in [0.2, 0.25) is 15.9 Å². The summed E-state index contributed by atoms with van der Waals surface area (Å²) in [5.74, 6) is 0.517. The van der Waals surface area contributed by atoms with Gasteiger partial charge in [0.05, 0.1) is 18.2 Å². The molecular weight excluding hydrogens is 448 g/mol. The summed E-state index contributed by atoms with van der Waals surface area (Å²) < 4.78 is 33.1. The van der Waals surface area contributed by atoms with Gasteiger partial charge in [-0.1, -0.05) is 69.3 Å². The smallest absolute Gasteiger partial charge is 0.224 e. The number of hydrogen-bond acceptors (Lipinski definition) is 4. The van der Waals surface area contributed by atoms with E-state index < -0.39 is 10.0 Å². The van der Waals surface area contributed by atoms with Gasteiger partial charge in [-0.25, -0.2) is 12.7 Å². The monoisotopic (exact) mass is 486 g/mol. The second-order valence-corrected chi connectivity index (χ2v) is 12.1. The third-order valence-electron chi connectivity index (χ3n) is 6.21. The fourth-order valence-electron chi connectivity index (χ4n) is 4.33. The summed E-state index contributed by atoms with van der Waals surface area (Å²) in [5.41, 5.74) is 2.24. The summed E-state index contributed by atoms with van der Waals surface area (Å²) in [7, 11) is -3.37. The highest BCUT2D eigenvalue weighted by Gasteiger charge is 2.32. The average molecular weight is 487 g/mol. The lowest BCUT2D eigenvalue weighted by Crippen LogP contribution is -2.46. The number of rotatable bonds is 10. The molecule has 1 N–H and O–H groups in total. The van der Waals surface area contributed by atoms with Gasteiger partial charge in [-0.05, 0) is 48.3 Å². The van der Waals surface area contributed by atoms with Crippen molar-refractivity contribution >= 4 is 15.9 Å². The fourth-order valence-corrected chi connectivity index (χ4v) is 5.91. The Bertz CT molecular complexity index is 1030. The highest BCUT2D eigenvalue weighted by Crippen LogP contribution is 2.30. The quantitative estimate of drug-likeness (QED) is 0.512. The number of ether oxygens (including phenoxy) is 1. The summed E-state index contributed by atoms with van der Waals surface area (Å²) in [6.45, 7) is 7.92. The topological polar surface area (TPSA) is 75.7 Å². The zero-order chi connectivity index (χ0) is 24.6. The van der Waals surface area contributed by atoms with E-state index >= 15 is 0 Å². The number of amides is 1. The van der Waals surface area contributed by atoms with Crippen LogP contribution < -0.4 is 10.1 Å². The zero-order valence-corrected chi connectivity index (χ0v) is 21.4. The molecule has 0 saturated carbocycles. The van der Waals surface area contributed by atoms with E-state index in [4.69, 9.17) is 4.74 Å². The van der Waals surface area contributed by atoms with Crippen LogP contribution in [0, 0.1) is 5.92 Å². The van der Waals surface area contributed by atoms with E-state index in [-0.39, 0.29) is 29.5 Å². The summed E-state index contributed by atoms with van der Waals surface area (Å²) in [4.78, 5) is 12.7. The molecule has 0 spiro atoms. The first-order valence-corrected chi connectivity index (χ1v) is 13.8.